The molecule has 0 amide bonds. The molecule has 1 aliphatic rings. The van der Waals surface area contributed by atoms with Gasteiger partial charge in [-0.3, -0.25) is 0 Å². The van der Waals surface area contributed by atoms with Crippen molar-refractivity contribution in [2.45, 2.75) is 26.2 Å². The molecule has 16 heavy (non-hydrogen) atoms. The third-order valence-electron chi connectivity index (χ3n) is 3.81. The van der Waals surface area contributed by atoms with E-state index >= 15 is 0 Å². The molecular formula is C13H28N2O. The standard InChI is InChI=1S/C13H28N2O/c1-4-12(11-16)9-15(3)10-13-5-7-14(2)8-6-13/h12-13,16H,4-11H2,1-3H3. The Morgan fingerprint density at radius 1 is 1.38 bits per heavy atom. The summed E-state index contributed by atoms with van der Waals surface area (Å²) >= 11 is 0. The summed E-state index contributed by atoms with van der Waals surface area (Å²) < 4.78 is 0. The monoisotopic (exact) mass is 228 g/mol. The third-order valence-corrected chi connectivity index (χ3v) is 3.81. The molecule has 3 nitrogen and oxygen atoms in total. The summed E-state index contributed by atoms with van der Waals surface area (Å²) in [6.45, 7) is 7.22. The van der Waals surface area contributed by atoms with Gasteiger partial charge in [-0.1, -0.05) is 6.92 Å². The van der Waals surface area contributed by atoms with E-state index in [0.717, 1.165) is 18.9 Å². The maximum Gasteiger partial charge on any atom is 0.0471 e. The molecule has 96 valence electrons. The summed E-state index contributed by atoms with van der Waals surface area (Å²) in [6.07, 6.45) is 3.74. The minimum Gasteiger partial charge on any atom is -0.396 e. The van der Waals surface area contributed by atoms with Crippen molar-refractivity contribution in [3.05, 3.63) is 0 Å². The number of hydrogen-bond acceptors (Lipinski definition) is 3. The molecule has 0 bridgehead atoms. The number of nitrogens with zero attached hydrogens (tertiary/aromatic N) is 2. The average molecular weight is 228 g/mol. The first-order valence-corrected chi connectivity index (χ1v) is 6.63. The molecule has 0 aromatic carbocycles. The SMILES string of the molecule is CCC(CO)CN(C)CC1CCN(C)CC1. The Labute approximate surface area is 100 Å². The van der Waals surface area contributed by atoms with Crippen LogP contribution in [0.3, 0.4) is 0 Å². The van der Waals surface area contributed by atoms with Crippen LogP contribution >= 0.6 is 0 Å². The van der Waals surface area contributed by atoms with Gasteiger partial charge in [0.2, 0.25) is 0 Å². The van der Waals surface area contributed by atoms with Gasteiger partial charge < -0.3 is 14.9 Å². The van der Waals surface area contributed by atoms with Crippen molar-refractivity contribution in [1.82, 2.24) is 9.80 Å². The van der Waals surface area contributed by atoms with Crippen LogP contribution in [0.15, 0.2) is 0 Å². The molecule has 1 unspecified atom stereocenters. The quantitative estimate of drug-likeness (QED) is 0.742. The zero-order valence-corrected chi connectivity index (χ0v) is 11.2. The Kier molecular flexibility index (Phi) is 6.32. The molecule has 0 aromatic heterocycles. The fourth-order valence-electron chi connectivity index (χ4n) is 2.52. The number of likely N-dealkylation sites (tertiary alicyclic amines) is 1. The van der Waals surface area contributed by atoms with Gasteiger partial charge in [-0.05, 0) is 58.3 Å². The highest BCUT2D eigenvalue weighted by atomic mass is 16.3. The lowest BCUT2D eigenvalue weighted by Gasteiger charge is -2.32. The molecule has 1 aliphatic heterocycles. The van der Waals surface area contributed by atoms with Gasteiger partial charge in [-0.2, -0.15) is 0 Å². The van der Waals surface area contributed by atoms with E-state index in [1.54, 1.807) is 0 Å². The van der Waals surface area contributed by atoms with Crippen molar-refractivity contribution >= 4 is 0 Å². The topological polar surface area (TPSA) is 26.7 Å². The van der Waals surface area contributed by atoms with E-state index in [1.807, 2.05) is 0 Å². The highest BCUT2D eigenvalue weighted by Crippen LogP contribution is 2.17. The lowest BCUT2D eigenvalue weighted by atomic mass is 9.96. The molecule has 0 spiro atoms. The maximum absolute atomic E-state index is 9.18. The summed E-state index contributed by atoms with van der Waals surface area (Å²) in [4.78, 5) is 4.82. The zero-order valence-electron chi connectivity index (χ0n) is 11.2. The number of piperidine rings is 1. The summed E-state index contributed by atoms with van der Waals surface area (Å²) in [6, 6.07) is 0. The first-order valence-electron chi connectivity index (χ1n) is 6.63. The van der Waals surface area contributed by atoms with Gasteiger partial charge in [-0.25, -0.2) is 0 Å². The van der Waals surface area contributed by atoms with E-state index in [-0.39, 0.29) is 0 Å². The van der Waals surface area contributed by atoms with Crippen molar-refractivity contribution in [2.24, 2.45) is 11.8 Å². The van der Waals surface area contributed by atoms with E-state index in [9.17, 15) is 5.11 Å². The van der Waals surface area contributed by atoms with E-state index in [2.05, 4.69) is 30.8 Å². The van der Waals surface area contributed by atoms with Crippen LogP contribution < -0.4 is 0 Å². The van der Waals surface area contributed by atoms with Gasteiger partial charge >= 0.3 is 0 Å². The number of rotatable bonds is 6. The van der Waals surface area contributed by atoms with Crippen LogP contribution in [0.25, 0.3) is 0 Å². The second-order valence-corrected chi connectivity index (χ2v) is 5.42. The van der Waals surface area contributed by atoms with Crippen molar-refractivity contribution in [2.75, 3.05) is 46.9 Å². The Hall–Kier alpha value is -0.120. The second-order valence-electron chi connectivity index (χ2n) is 5.42. The summed E-state index contributed by atoms with van der Waals surface area (Å²) in [7, 11) is 4.40. The predicted molar refractivity (Wildman–Crippen MR) is 68.6 cm³/mol. The van der Waals surface area contributed by atoms with E-state index in [0.29, 0.717) is 12.5 Å². The lowest BCUT2D eigenvalue weighted by Crippen LogP contribution is -2.37. The summed E-state index contributed by atoms with van der Waals surface area (Å²) in [5.74, 6) is 1.31. The first-order chi connectivity index (χ1) is 7.65. The smallest absolute Gasteiger partial charge is 0.0471 e. The van der Waals surface area contributed by atoms with Gasteiger partial charge in [-0.15, -0.1) is 0 Å². The Bertz CT molecular complexity index is 175. The van der Waals surface area contributed by atoms with E-state index < -0.39 is 0 Å². The Balaban J connectivity index is 2.20. The molecule has 0 aliphatic carbocycles. The molecule has 1 fully saturated rings. The first kappa shape index (κ1) is 13.9. The van der Waals surface area contributed by atoms with Crippen LogP contribution in [0.5, 0.6) is 0 Å². The minimum absolute atomic E-state index is 0.328. The number of hydrogen-bond donors (Lipinski definition) is 1. The summed E-state index contributed by atoms with van der Waals surface area (Å²) in [5, 5.41) is 9.18. The molecule has 1 saturated heterocycles. The van der Waals surface area contributed by atoms with Crippen LogP contribution in [0, 0.1) is 11.8 Å². The number of aliphatic hydroxyl groups excluding tert-OH is 1. The second kappa shape index (κ2) is 7.25. The zero-order chi connectivity index (χ0) is 12.0. The predicted octanol–water partition coefficient (Wildman–Crippen LogP) is 1.28. The van der Waals surface area contributed by atoms with Crippen LogP contribution in [-0.2, 0) is 0 Å². The molecular weight excluding hydrogens is 200 g/mol. The molecule has 1 N–H and O–H groups in total. The van der Waals surface area contributed by atoms with Gasteiger partial charge in [0.05, 0.1) is 0 Å². The average Bonchev–Trinajstić information content (AvgIpc) is 2.29. The van der Waals surface area contributed by atoms with Crippen molar-refractivity contribution in [3.8, 4) is 0 Å². The van der Waals surface area contributed by atoms with Crippen LogP contribution in [0.4, 0.5) is 0 Å². The molecule has 1 rings (SSSR count). The summed E-state index contributed by atoms with van der Waals surface area (Å²) in [5.41, 5.74) is 0. The Morgan fingerprint density at radius 3 is 2.50 bits per heavy atom. The molecule has 0 radical (unpaired) electrons. The lowest BCUT2D eigenvalue weighted by molar-refractivity contribution is 0.140. The fourth-order valence-corrected chi connectivity index (χ4v) is 2.52. The fraction of sp³-hybridized carbons (Fsp3) is 1.00. The maximum atomic E-state index is 9.18. The van der Waals surface area contributed by atoms with Crippen molar-refractivity contribution < 1.29 is 5.11 Å². The molecule has 3 heteroatoms. The third kappa shape index (κ3) is 4.81. The minimum atomic E-state index is 0.328. The van der Waals surface area contributed by atoms with Crippen molar-refractivity contribution in [1.29, 1.82) is 0 Å². The molecule has 0 saturated carbocycles. The van der Waals surface area contributed by atoms with Gasteiger partial charge in [0, 0.05) is 19.7 Å². The van der Waals surface area contributed by atoms with E-state index in [1.165, 1.54) is 32.5 Å². The number of aliphatic hydroxyl groups is 1. The van der Waals surface area contributed by atoms with Crippen LogP contribution in [0.2, 0.25) is 0 Å². The van der Waals surface area contributed by atoms with Crippen molar-refractivity contribution in [3.63, 3.8) is 0 Å². The normalized spacial score (nSPS) is 21.6. The van der Waals surface area contributed by atoms with Gasteiger partial charge in [0.1, 0.15) is 0 Å². The molecule has 1 heterocycles. The largest absolute Gasteiger partial charge is 0.396 e. The van der Waals surface area contributed by atoms with Gasteiger partial charge in [0.15, 0.2) is 0 Å². The highest BCUT2D eigenvalue weighted by molar-refractivity contribution is 4.73. The Morgan fingerprint density at radius 2 is 2.00 bits per heavy atom. The molecule has 1 atom stereocenters. The van der Waals surface area contributed by atoms with Crippen LogP contribution in [0.1, 0.15) is 26.2 Å². The molecule has 0 aromatic rings. The van der Waals surface area contributed by atoms with Gasteiger partial charge in [0.25, 0.3) is 0 Å². The van der Waals surface area contributed by atoms with E-state index in [4.69, 9.17) is 0 Å². The highest BCUT2D eigenvalue weighted by Gasteiger charge is 2.19. The van der Waals surface area contributed by atoms with Crippen LogP contribution in [-0.4, -0.2) is 61.8 Å².